The van der Waals surface area contributed by atoms with Gasteiger partial charge >= 0.3 is 0 Å². The Bertz CT molecular complexity index is 1760. The van der Waals surface area contributed by atoms with E-state index in [1.54, 1.807) is 0 Å². The van der Waals surface area contributed by atoms with Gasteiger partial charge in [-0.25, -0.2) is 0 Å². The van der Waals surface area contributed by atoms with Gasteiger partial charge in [0.2, 0.25) is 0 Å². The SMILES string of the molecule is CC(C)c1cccc(C(C)C)c1Nc1cc(Nc2c(C(C)C)cccc2C(C)C)c(Nc2c(C(C)C)cccc2C(C)C)cc1Nc1c(C(C)C)cccc1C(C)C. The molecular weight excluding hydrogens is 705 g/mol. The summed E-state index contributed by atoms with van der Waals surface area (Å²) in [4.78, 5) is 0. The number of para-hydroxylation sites is 4. The molecule has 5 aromatic rings. The first kappa shape index (κ1) is 44.4. The third-order valence-corrected chi connectivity index (χ3v) is 11.7. The smallest absolute Gasteiger partial charge is 0.0646 e. The van der Waals surface area contributed by atoms with E-state index in [1.165, 1.54) is 67.3 Å². The van der Waals surface area contributed by atoms with Crippen LogP contribution < -0.4 is 21.3 Å². The molecule has 0 fully saturated rings. The molecule has 0 spiro atoms. The maximum absolute atomic E-state index is 4.11. The molecule has 0 aliphatic heterocycles. The monoisotopic (exact) mass is 779 g/mol. The van der Waals surface area contributed by atoms with E-state index in [9.17, 15) is 0 Å². The molecule has 4 heteroatoms. The van der Waals surface area contributed by atoms with Gasteiger partial charge in [-0.15, -0.1) is 0 Å². The Kier molecular flexibility index (Phi) is 14.5. The Labute approximate surface area is 353 Å². The lowest BCUT2D eigenvalue weighted by Gasteiger charge is -2.28. The van der Waals surface area contributed by atoms with Gasteiger partial charge in [0.15, 0.2) is 0 Å². The fraction of sp³-hybridized carbons (Fsp3) is 0.444. The zero-order chi connectivity index (χ0) is 42.6. The second-order valence-electron chi connectivity index (χ2n) is 18.9. The van der Waals surface area contributed by atoms with Crippen LogP contribution in [0, 0.1) is 0 Å². The van der Waals surface area contributed by atoms with E-state index in [4.69, 9.17) is 0 Å². The van der Waals surface area contributed by atoms with Crippen LogP contribution in [0.4, 0.5) is 45.5 Å². The highest BCUT2D eigenvalue weighted by Crippen LogP contribution is 2.47. The Balaban J connectivity index is 1.91. The van der Waals surface area contributed by atoms with Gasteiger partial charge in [-0.3, -0.25) is 0 Å². The van der Waals surface area contributed by atoms with Crippen LogP contribution in [0.1, 0.15) is 203 Å². The zero-order valence-electron chi connectivity index (χ0n) is 38.7. The average molecular weight is 779 g/mol. The van der Waals surface area contributed by atoms with Gasteiger partial charge in [0, 0.05) is 22.7 Å². The minimum Gasteiger partial charge on any atom is -0.353 e. The first-order valence-electron chi connectivity index (χ1n) is 22.2. The van der Waals surface area contributed by atoms with Crippen LogP contribution in [0.15, 0.2) is 84.9 Å². The van der Waals surface area contributed by atoms with E-state index in [2.05, 4.69) is 217 Å². The minimum atomic E-state index is 0.346. The maximum Gasteiger partial charge on any atom is 0.0646 e. The second-order valence-corrected chi connectivity index (χ2v) is 18.9. The predicted molar refractivity (Wildman–Crippen MR) is 258 cm³/mol. The maximum atomic E-state index is 4.11. The van der Waals surface area contributed by atoms with Crippen molar-refractivity contribution in [2.75, 3.05) is 21.3 Å². The van der Waals surface area contributed by atoms with Crippen LogP contribution in [0.3, 0.4) is 0 Å². The molecule has 0 radical (unpaired) electrons. The van der Waals surface area contributed by atoms with Crippen LogP contribution in [0.5, 0.6) is 0 Å². The fourth-order valence-corrected chi connectivity index (χ4v) is 8.33. The van der Waals surface area contributed by atoms with Gasteiger partial charge in [-0.2, -0.15) is 0 Å². The van der Waals surface area contributed by atoms with Crippen LogP contribution >= 0.6 is 0 Å². The Morgan fingerprint density at radius 3 is 0.500 bits per heavy atom. The highest BCUT2D eigenvalue weighted by atomic mass is 15.0. The molecule has 4 nitrogen and oxygen atoms in total. The van der Waals surface area contributed by atoms with E-state index in [0.717, 1.165) is 22.7 Å². The summed E-state index contributed by atoms with van der Waals surface area (Å²) in [5.41, 5.74) is 19.5. The first-order valence-corrected chi connectivity index (χ1v) is 22.2. The summed E-state index contributed by atoms with van der Waals surface area (Å²) in [6, 6.07) is 31.9. The van der Waals surface area contributed by atoms with Gasteiger partial charge < -0.3 is 21.3 Å². The van der Waals surface area contributed by atoms with Gasteiger partial charge in [0.25, 0.3) is 0 Å². The van der Waals surface area contributed by atoms with Crippen LogP contribution in [0.25, 0.3) is 0 Å². The molecule has 0 heterocycles. The van der Waals surface area contributed by atoms with Gasteiger partial charge in [0.05, 0.1) is 22.7 Å². The number of nitrogens with one attached hydrogen (secondary N) is 4. The van der Waals surface area contributed by atoms with Gasteiger partial charge in [-0.05, 0) is 104 Å². The summed E-state index contributed by atoms with van der Waals surface area (Å²) in [6.45, 7) is 36.8. The highest BCUT2D eigenvalue weighted by Gasteiger charge is 2.23. The quantitative estimate of drug-likeness (QED) is 0.0806. The molecule has 5 aromatic carbocycles. The first-order chi connectivity index (χ1) is 27.4. The van der Waals surface area contributed by atoms with Crippen molar-refractivity contribution in [3.05, 3.63) is 129 Å². The molecule has 310 valence electrons. The predicted octanol–water partition coefficient (Wildman–Crippen LogP) is 17.6. The number of benzene rings is 5. The molecule has 5 rings (SSSR count). The summed E-state index contributed by atoms with van der Waals surface area (Å²) in [5.74, 6) is 2.77. The van der Waals surface area contributed by atoms with Crippen molar-refractivity contribution in [2.24, 2.45) is 0 Å². The van der Waals surface area contributed by atoms with Crippen LogP contribution in [-0.4, -0.2) is 0 Å². The second kappa shape index (κ2) is 18.9. The topological polar surface area (TPSA) is 48.1 Å². The minimum absolute atomic E-state index is 0.346. The molecule has 0 unspecified atom stereocenters. The van der Waals surface area contributed by atoms with Crippen molar-refractivity contribution in [3.63, 3.8) is 0 Å². The van der Waals surface area contributed by atoms with E-state index in [-0.39, 0.29) is 0 Å². The molecule has 0 atom stereocenters. The molecule has 0 aromatic heterocycles. The van der Waals surface area contributed by atoms with Crippen molar-refractivity contribution < 1.29 is 0 Å². The van der Waals surface area contributed by atoms with Gasteiger partial charge in [-0.1, -0.05) is 184 Å². The van der Waals surface area contributed by atoms with Crippen LogP contribution in [0.2, 0.25) is 0 Å². The van der Waals surface area contributed by atoms with Crippen molar-refractivity contribution in [2.45, 2.75) is 158 Å². The normalized spacial score (nSPS) is 12.0. The molecule has 0 aliphatic carbocycles. The fourth-order valence-electron chi connectivity index (χ4n) is 8.33. The van der Waals surface area contributed by atoms with E-state index < -0.39 is 0 Å². The summed E-state index contributed by atoms with van der Waals surface area (Å²) < 4.78 is 0. The molecular formula is C54H74N4. The molecule has 0 saturated heterocycles. The molecule has 0 saturated carbocycles. The van der Waals surface area contributed by atoms with Crippen molar-refractivity contribution in [3.8, 4) is 0 Å². The average Bonchev–Trinajstić information content (AvgIpc) is 3.15. The summed E-state index contributed by atoms with van der Waals surface area (Å²) >= 11 is 0. The van der Waals surface area contributed by atoms with E-state index in [1.807, 2.05) is 0 Å². The third kappa shape index (κ3) is 9.76. The summed E-state index contributed by atoms with van der Waals surface area (Å²) in [7, 11) is 0. The van der Waals surface area contributed by atoms with Crippen molar-refractivity contribution in [1.29, 1.82) is 0 Å². The zero-order valence-corrected chi connectivity index (χ0v) is 38.7. The van der Waals surface area contributed by atoms with Crippen molar-refractivity contribution >= 4 is 45.5 Å². The van der Waals surface area contributed by atoms with Gasteiger partial charge in [0.1, 0.15) is 0 Å². The third-order valence-electron chi connectivity index (χ3n) is 11.7. The largest absolute Gasteiger partial charge is 0.353 e. The van der Waals surface area contributed by atoms with E-state index >= 15 is 0 Å². The standard InChI is InChI=1S/C54H74N4/c1-31(2)39-21-17-22-40(32(3)4)51(39)55-47-29-49(57-53-43(35(9)10)25-19-26-44(53)36(11)12)50(58-54-45(37(13)14)27-20-28-46(54)38(15)16)30-48(47)56-52-41(33(5)6)23-18-24-42(52)34(7)8/h17-38,55-58H,1-16H3. The number of hydrogen-bond acceptors (Lipinski definition) is 4. The molecule has 4 N–H and O–H groups in total. The number of rotatable bonds is 16. The molecule has 0 bridgehead atoms. The summed E-state index contributed by atoms with van der Waals surface area (Å²) in [5, 5.41) is 16.4. The Morgan fingerprint density at radius 2 is 0.379 bits per heavy atom. The lowest BCUT2D eigenvalue weighted by molar-refractivity contribution is 0.837. The number of anilines is 8. The van der Waals surface area contributed by atoms with Crippen LogP contribution in [-0.2, 0) is 0 Å². The lowest BCUT2D eigenvalue weighted by Crippen LogP contribution is -2.11. The Morgan fingerprint density at radius 1 is 0.241 bits per heavy atom. The van der Waals surface area contributed by atoms with E-state index in [0.29, 0.717) is 47.3 Å². The van der Waals surface area contributed by atoms with Crippen molar-refractivity contribution in [1.82, 2.24) is 0 Å². The molecule has 0 amide bonds. The Hall–Kier alpha value is -4.70. The number of hydrogen-bond donors (Lipinski definition) is 4. The molecule has 58 heavy (non-hydrogen) atoms. The lowest BCUT2D eigenvalue weighted by atomic mass is 9.91. The summed E-state index contributed by atoms with van der Waals surface area (Å²) in [6.07, 6.45) is 0. The molecule has 0 aliphatic rings. The highest BCUT2D eigenvalue weighted by molar-refractivity contribution is 5.93.